The third-order valence-corrected chi connectivity index (χ3v) is 2.42. The van der Waals surface area contributed by atoms with Crippen molar-refractivity contribution in [3.8, 4) is 0 Å². The predicted octanol–water partition coefficient (Wildman–Crippen LogP) is 1.65. The van der Waals surface area contributed by atoms with Crippen LogP contribution in [0, 0.1) is 11.8 Å². The fourth-order valence-electron chi connectivity index (χ4n) is 1.38. The van der Waals surface area contributed by atoms with E-state index in [4.69, 9.17) is 4.74 Å². The van der Waals surface area contributed by atoms with Gasteiger partial charge in [-0.2, -0.15) is 0 Å². The second kappa shape index (κ2) is 4.44. The van der Waals surface area contributed by atoms with Crippen LogP contribution in [-0.4, -0.2) is 30.1 Å². The fraction of sp³-hybridized carbons (Fsp3) is 0.800. The van der Waals surface area contributed by atoms with E-state index < -0.39 is 6.09 Å². The largest absolute Gasteiger partial charge is 0.449 e. The second-order valence-electron chi connectivity index (χ2n) is 3.91. The number of amides is 2. The van der Waals surface area contributed by atoms with Gasteiger partial charge in [0.1, 0.15) is 0 Å². The van der Waals surface area contributed by atoms with Crippen molar-refractivity contribution >= 4 is 12.0 Å². The maximum Gasteiger partial charge on any atom is 0.416 e. The summed E-state index contributed by atoms with van der Waals surface area (Å²) in [6.07, 6.45) is 0.287. The SMILES string of the molecule is CCCOC(=O)N1C[C@H](C(C)C)C1=O. The number of carbonyl (C=O) groups excluding carboxylic acids is 2. The fourth-order valence-corrected chi connectivity index (χ4v) is 1.38. The standard InChI is InChI=1S/C10H17NO3/c1-4-5-14-10(13)11-6-8(7(2)3)9(11)12/h7-8H,4-6H2,1-3H3/t8-/m1/s1. The molecule has 1 saturated heterocycles. The first kappa shape index (κ1) is 11.0. The quantitative estimate of drug-likeness (QED) is 0.649. The maximum atomic E-state index is 11.4. The van der Waals surface area contributed by atoms with Crippen molar-refractivity contribution in [2.45, 2.75) is 27.2 Å². The van der Waals surface area contributed by atoms with Gasteiger partial charge in [-0.05, 0) is 12.3 Å². The molecule has 4 nitrogen and oxygen atoms in total. The molecule has 1 rings (SSSR count). The van der Waals surface area contributed by atoms with Crippen LogP contribution in [0.2, 0.25) is 0 Å². The lowest BCUT2D eigenvalue weighted by atomic mass is 9.88. The number of rotatable bonds is 3. The summed E-state index contributed by atoms with van der Waals surface area (Å²) >= 11 is 0. The average molecular weight is 199 g/mol. The van der Waals surface area contributed by atoms with E-state index in [2.05, 4.69) is 0 Å². The zero-order valence-electron chi connectivity index (χ0n) is 8.95. The number of likely N-dealkylation sites (tertiary alicyclic amines) is 1. The minimum absolute atomic E-state index is 0.00387. The number of ether oxygens (including phenoxy) is 1. The molecule has 0 bridgehead atoms. The number of nitrogens with zero attached hydrogens (tertiary/aromatic N) is 1. The van der Waals surface area contributed by atoms with Crippen LogP contribution >= 0.6 is 0 Å². The van der Waals surface area contributed by atoms with Crippen LogP contribution in [0.1, 0.15) is 27.2 Å². The Morgan fingerprint density at radius 1 is 1.64 bits per heavy atom. The summed E-state index contributed by atoms with van der Waals surface area (Å²) in [4.78, 5) is 23.9. The molecule has 14 heavy (non-hydrogen) atoms. The third-order valence-electron chi connectivity index (χ3n) is 2.42. The van der Waals surface area contributed by atoms with Gasteiger partial charge in [0.25, 0.3) is 0 Å². The molecule has 1 fully saturated rings. The molecule has 0 aromatic carbocycles. The molecule has 0 saturated carbocycles. The summed E-state index contributed by atoms with van der Waals surface area (Å²) in [5.74, 6) is 0.211. The zero-order valence-corrected chi connectivity index (χ0v) is 8.95. The van der Waals surface area contributed by atoms with Gasteiger partial charge in [0.15, 0.2) is 0 Å². The Morgan fingerprint density at radius 2 is 2.29 bits per heavy atom. The van der Waals surface area contributed by atoms with E-state index >= 15 is 0 Å². The first-order valence-corrected chi connectivity index (χ1v) is 5.06. The lowest BCUT2D eigenvalue weighted by Crippen LogP contribution is -2.57. The molecular weight excluding hydrogens is 182 g/mol. The topological polar surface area (TPSA) is 46.6 Å². The molecule has 2 amide bonds. The maximum absolute atomic E-state index is 11.4. The summed E-state index contributed by atoms with van der Waals surface area (Å²) in [6, 6.07) is 0. The minimum atomic E-state index is -0.492. The van der Waals surface area contributed by atoms with Crippen molar-refractivity contribution in [3.63, 3.8) is 0 Å². The van der Waals surface area contributed by atoms with Gasteiger partial charge in [0.2, 0.25) is 5.91 Å². The van der Waals surface area contributed by atoms with Crippen molar-refractivity contribution in [2.24, 2.45) is 11.8 Å². The molecule has 0 spiro atoms. The molecule has 4 heteroatoms. The van der Waals surface area contributed by atoms with Crippen molar-refractivity contribution in [1.82, 2.24) is 4.90 Å². The van der Waals surface area contributed by atoms with Gasteiger partial charge in [0, 0.05) is 6.54 Å². The first-order chi connectivity index (χ1) is 6.57. The average Bonchev–Trinajstić information content (AvgIpc) is 2.11. The number of hydrogen-bond donors (Lipinski definition) is 0. The van der Waals surface area contributed by atoms with Crippen molar-refractivity contribution in [3.05, 3.63) is 0 Å². The Labute approximate surface area is 84.2 Å². The van der Waals surface area contributed by atoms with Gasteiger partial charge in [-0.1, -0.05) is 20.8 Å². The third kappa shape index (κ3) is 2.05. The Bertz CT molecular complexity index is 238. The van der Waals surface area contributed by atoms with Crippen LogP contribution < -0.4 is 0 Å². The van der Waals surface area contributed by atoms with Gasteiger partial charge in [-0.3, -0.25) is 4.79 Å². The van der Waals surface area contributed by atoms with E-state index in [1.54, 1.807) is 0 Å². The highest BCUT2D eigenvalue weighted by Crippen LogP contribution is 2.25. The summed E-state index contributed by atoms with van der Waals surface area (Å²) in [5, 5.41) is 0. The zero-order chi connectivity index (χ0) is 10.7. The van der Waals surface area contributed by atoms with Crippen molar-refractivity contribution in [2.75, 3.05) is 13.2 Å². The number of imide groups is 1. The monoisotopic (exact) mass is 199 g/mol. The molecule has 1 atom stereocenters. The highest BCUT2D eigenvalue weighted by Gasteiger charge is 2.43. The summed E-state index contributed by atoms with van der Waals surface area (Å²) in [7, 11) is 0. The van der Waals surface area contributed by atoms with Crippen LogP contribution in [-0.2, 0) is 9.53 Å². The van der Waals surface area contributed by atoms with E-state index in [-0.39, 0.29) is 11.8 Å². The van der Waals surface area contributed by atoms with E-state index in [1.165, 1.54) is 4.90 Å². The molecule has 0 radical (unpaired) electrons. The predicted molar refractivity (Wildman–Crippen MR) is 51.7 cm³/mol. The molecule has 0 aromatic rings. The molecule has 0 N–H and O–H groups in total. The van der Waals surface area contributed by atoms with Crippen LogP contribution in [0.4, 0.5) is 4.79 Å². The highest BCUT2D eigenvalue weighted by atomic mass is 16.6. The minimum Gasteiger partial charge on any atom is -0.449 e. The smallest absolute Gasteiger partial charge is 0.416 e. The van der Waals surface area contributed by atoms with E-state index in [9.17, 15) is 9.59 Å². The lowest BCUT2D eigenvalue weighted by molar-refractivity contribution is -0.147. The van der Waals surface area contributed by atoms with Gasteiger partial charge >= 0.3 is 6.09 Å². The molecule has 1 aliphatic heterocycles. The Kier molecular flexibility index (Phi) is 3.49. The van der Waals surface area contributed by atoms with Crippen molar-refractivity contribution < 1.29 is 14.3 Å². The molecule has 80 valence electrons. The highest BCUT2D eigenvalue weighted by molar-refractivity contribution is 5.98. The molecule has 0 aromatic heterocycles. The summed E-state index contributed by atoms with van der Waals surface area (Å²) < 4.78 is 4.86. The van der Waals surface area contributed by atoms with Crippen LogP contribution in [0.3, 0.4) is 0 Å². The van der Waals surface area contributed by atoms with E-state index in [1.807, 2.05) is 20.8 Å². The number of β-lactam (4-membered cyclic amide) rings is 1. The molecule has 0 aliphatic carbocycles. The van der Waals surface area contributed by atoms with Crippen LogP contribution in [0.25, 0.3) is 0 Å². The Balaban J connectivity index is 2.36. The molecule has 0 unspecified atom stereocenters. The molecular formula is C10H17NO3. The Morgan fingerprint density at radius 3 is 2.71 bits per heavy atom. The number of hydrogen-bond acceptors (Lipinski definition) is 3. The van der Waals surface area contributed by atoms with Crippen LogP contribution in [0.15, 0.2) is 0 Å². The van der Waals surface area contributed by atoms with E-state index in [0.29, 0.717) is 19.1 Å². The lowest BCUT2D eigenvalue weighted by Gasteiger charge is -2.37. The normalized spacial score (nSPS) is 21.0. The molecule has 1 aliphatic rings. The van der Waals surface area contributed by atoms with Gasteiger partial charge in [0.05, 0.1) is 12.5 Å². The number of carbonyl (C=O) groups is 2. The van der Waals surface area contributed by atoms with Gasteiger partial charge < -0.3 is 4.74 Å². The van der Waals surface area contributed by atoms with Gasteiger partial charge in [-0.25, -0.2) is 9.69 Å². The second-order valence-corrected chi connectivity index (χ2v) is 3.91. The summed E-state index contributed by atoms with van der Waals surface area (Å²) in [6.45, 7) is 6.78. The van der Waals surface area contributed by atoms with Crippen molar-refractivity contribution in [1.29, 1.82) is 0 Å². The van der Waals surface area contributed by atoms with E-state index in [0.717, 1.165) is 6.42 Å². The Hall–Kier alpha value is -1.06. The summed E-state index contributed by atoms with van der Waals surface area (Å²) in [5.41, 5.74) is 0. The van der Waals surface area contributed by atoms with Crippen LogP contribution in [0.5, 0.6) is 0 Å². The van der Waals surface area contributed by atoms with Gasteiger partial charge in [-0.15, -0.1) is 0 Å². The first-order valence-electron chi connectivity index (χ1n) is 5.06. The molecule has 1 heterocycles.